The van der Waals surface area contributed by atoms with Crippen molar-refractivity contribution in [2.24, 2.45) is 0 Å². The van der Waals surface area contributed by atoms with Crippen molar-refractivity contribution in [2.45, 2.75) is 140 Å². The van der Waals surface area contributed by atoms with Crippen molar-refractivity contribution >= 4 is 13.8 Å². The Kier molecular flexibility index (Phi) is 19.4. The van der Waals surface area contributed by atoms with Gasteiger partial charge in [-0.2, -0.15) is 0 Å². The van der Waals surface area contributed by atoms with Gasteiger partial charge >= 0.3 is 13.8 Å². The van der Waals surface area contributed by atoms with E-state index in [9.17, 15) is 44.9 Å². The Hall–Kier alpha value is -0.920. The summed E-state index contributed by atoms with van der Waals surface area (Å²) < 4.78 is 26.3. The Morgan fingerprint density at radius 1 is 0.750 bits per heavy atom. The first-order valence-electron chi connectivity index (χ1n) is 14.5. The fourth-order valence-corrected chi connectivity index (χ4v) is 5.31. The van der Waals surface area contributed by atoms with E-state index in [-0.39, 0.29) is 6.42 Å². The van der Waals surface area contributed by atoms with Gasteiger partial charge in [-0.3, -0.25) is 13.8 Å². The molecule has 0 aromatic heterocycles. The highest BCUT2D eigenvalue weighted by molar-refractivity contribution is 7.47. The van der Waals surface area contributed by atoms with E-state index in [1.807, 2.05) is 0 Å². The molecule has 1 fully saturated rings. The molecule has 0 amide bonds. The Morgan fingerprint density at radius 3 is 1.77 bits per heavy atom. The zero-order valence-corrected chi connectivity index (χ0v) is 24.5. The summed E-state index contributed by atoms with van der Waals surface area (Å²) >= 11 is 0. The van der Waals surface area contributed by atoms with Crippen molar-refractivity contribution in [3.8, 4) is 0 Å². The number of carbonyl (C=O) groups is 1. The van der Waals surface area contributed by atoms with Gasteiger partial charge < -0.3 is 40.3 Å². The van der Waals surface area contributed by atoms with Crippen LogP contribution in [0.2, 0.25) is 0 Å². The number of carbonyl (C=O) groups excluding carboxylic acids is 1. The van der Waals surface area contributed by atoms with Gasteiger partial charge in [-0.25, -0.2) is 4.57 Å². The van der Waals surface area contributed by atoms with Crippen LogP contribution in [-0.2, 0) is 23.1 Å². The van der Waals surface area contributed by atoms with E-state index in [0.29, 0.717) is 6.42 Å². The van der Waals surface area contributed by atoms with Gasteiger partial charge in [0.25, 0.3) is 0 Å². The van der Waals surface area contributed by atoms with Gasteiger partial charge in [-0.15, -0.1) is 0 Å². The zero-order valence-electron chi connectivity index (χ0n) is 23.6. The second kappa shape index (κ2) is 20.9. The lowest BCUT2D eigenvalue weighted by Crippen LogP contribution is -2.64. The number of phosphoric acid groups is 1. The minimum atomic E-state index is -4.98. The number of ether oxygens (including phenoxy) is 1. The normalized spacial score (nSPS) is 27.5. The van der Waals surface area contributed by atoms with Crippen LogP contribution < -0.4 is 0 Å². The fourth-order valence-electron chi connectivity index (χ4n) is 4.34. The largest absolute Gasteiger partial charge is 0.472 e. The molecule has 0 aliphatic heterocycles. The summed E-state index contributed by atoms with van der Waals surface area (Å²) in [4.78, 5) is 21.7. The molecule has 1 aliphatic carbocycles. The molecule has 7 N–H and O–H groups in total. The summed E-state index contributed by atoms with van der Waals surface area (Å²) in [5.41, 5.74) is 0. The van der Waals surface area contributed by atoms with Gasteiger partial charge in [0, 0.05) is 6.42 Å². The van der Waals surface area contributed by atoms with Crippen molar-refractivity contribution in [3.63, 3.8) is 0 Å². The van der Waals surface area contributed by atoms with Crippen LogP contribution in [0.25, 0.3) is 0 Å². The molecule has 0 saturated heterocycles. The maximum absolute atomic E-state index is 12.1. The summed E-state index contributed by atoms with van der Waals surface area (Å²) in [6, 6.07) is 0. The predicted molar refractivity (Wildman–Crippen MR) is 147 cm³/mol. The van der Waals surface area contributed by atoms with Crippen molar-refractivity contribution in [1.29, 1.82) is 0 Å². The lowest BCUT2D eigenvalue weighted by molar-refractivity contribution is -0.220. The van der Waals surface area contributed by atoms with Crippen molar-refractivity contribution in [1.82, 2.24) is 0 Å². The van der Waals surface area contributed by atoms with Crippen LogP contribution in [0.4, 0.5) is 0 Å². The summed E-state index contributed by atoms with van der Waals surface area (Å²) in [5, 5.41) is 58.5. The van der Waals surface area contributed by atoms with Gasteiger partial charge in [-0.1, -0.05) is 70.4 Å². The number of hydrogen-bond acceptors (Lipinski definition) is 11. The molecule has 0 spiro atoms. The SMILES string of the molecule is CCCCCCCC/C=C\CCCCCCCC(=O)OC[C@@H](O)COP(=O)(O)OC1[C@H](O)[C@H](O)C(O)[C@H](O)[C@H]1O. The number of aliphatic hydroxyl groups is 6. The van der Waals surface area contributed by atoms with Crippen molar-refractivity contribution < 1.29 is 58.7 Å². The Labute approximate surface area is 237 Å². The molecule has 0 aromatic rings. The average Bonchev–Trinajstić information content (AvgIpc) is 2.93. The maximum Gasteiger partial charge on any atom is 0.472 e. The molecule has 0 bridgehead atoms. The molecule has 0 heterocycles. The van der Waals surface area contributed by atoms with E-state index in [4.69, 9.17) is 4.74 Å². The number of rotatable bonds is 22. The van der Waals surface area contributed by atoms with Gasteiger partial charge in [-0.05, 0) is 32.1 Å². The molecule has 13 heteroatoms. The third-order valence-corrected chi connectivity index (χ3v) is 7.82. The smallest absolute Gasteiger partial charge is 0.463 e. The molecule has 8 atom stereocenters. The topological polar surface area (TPSA) is 203 Å². The Morgan fingerprint density at radius 2 is 1.23 bits per heavy atom. The monoisotopic (exact) mass is 598 g/mol. The third kappa shape index (κ3) is 15.3. The van der Waals surface area contributed by atoms with Crippen molar-refractivity contribution in [2.75, 3.05) is 13.2 Å². The molecule has 1 saturated carbocycles. The van der Waals surface area contributed by atoms with Crippen LogP contribution in [0.5, 0.6) is 0 Å². The average molecular weight is 599 g/mol. The molecule has 0 aromatic carbocycles. The third-order valence-electron chi connectivity index (χ3n) is 6.84. The number of unbranched alkanes of at least 4 members (excludes halogenated alkanes) is 11. The first kappa shape index (κ1) is 37.1. The van der Waals surface area contributed by atoms with E-state index in [1.54, 1.807) is 0 Å². The van der Waals surface area contributed by atoms with E-state index >= 15 is 0 Å². The van der Waals surface area contributed by atoms with Gasteiger partial charge in [0.15, 0.2) is 0 Å². The van der Waals surface area contributed by atoms with Gasteiger partial charge in [0.2, 0.25) is 0 Å². The zero-order chi connectivity index (χ0) is 30.0. The molecule has 1 aliphatic rings. The highest BCUT2D eigenvalue weighted by Crippen LogP contribution is 2.47. The second-order valence-electron chi connectivity index (χ2n) is 10.5. The number of esters is 1. The molecule has 1 rings (SSSR count). The molecular weight excluding hydrogens is 547 g/mol. The van der Waals surface area contributed by atoms with Crippen molar-refractivity contribution in [3.05, 3.63) is 12.2 Å². The van der Waals surface area contributed by atoms with E-state index in [0.717, 1.165) is 38.5 Å². The quantitative estimate of drug-likeness (QED) is 0.0415. The molecule has 40 heavy (non-hydrogen) atoms. The van der Waals surface area contributed by atoms with Crippen LogP contribution in [0.1, 0.15) is 96.8 Å². The Balaban J connectivity index is 2.09. The van der Waals surface area contributed by atoms with E-state index < -0.39 is 69.7 Å². The summed E-state index contributed by atoms with van der Waals surface area (Å²) in [6.45, 7) is 0.964. The Bertz CT molecular complexity index is 735. The summed E-state index contributed by atoms with van der Waals surface area (Å²) in [5.74, 6) is -0.518. The highest BCUT2D eigenvalue weighted by Gasteiger charge is 2.51. The lowest BCUT2D eigenvalue weighted by Gasteiger charge is -2.41. The van der Waals surface area contributed by atoms with Gasteiger partial charge in [0.05, 0.1) is 6.61 Å². The molecule has 3 unspecified atom stereocenters. The minimum absolute atomic E-state index is 0.182. The van der Waals surface area contributed by atoms with Crippen LogP contribution in [0, 0.1) is 0 Å². The van der Waals surface area contributed by atoms with E-state index in [1.165, 1.54) is 38.5 Å². The number of allylic oxidation sites excluding steroid dienone is 2. The van der Waals surface area contributed by atoms with Crippen LogP contribution in [0.15, 0.2) is 12.2 Å². The standard InChI is InChI=1S/C27H51O12P/c1-2-3-4-5-6-7-8-9-10-11-12-13-14-15-16-17-21(29)37-18-20(28)19-38-40(35,36)39-27-25(33)23(31)22(30)24(32)26(27)34/h9-10,20,22-28,30-34H,2-8,11-19H2,1H3,(H,35,36)/b10-9-/t20-,22?,23-,24+,25-,26-,27?/m1/s1. The molecule has 0 radical (unpaired) electrons. The second-order valence-corrected chi connectivity index (χ2v) is 11.9. The molecule has 236 valence electrons. The van der Waals surface area contributed by atoms with Crippen LogP contribution in [-0.4, -0.2) is 97.4 Å². The van der Waals surface area contributed by atoms with Gasteiger partial charge in [0.1, 0.15) is 49.3 Å². The highest BCUT2D eigenvalue weighted by atomic mass is 31.2. The first-order chi connectivity index (χ1) is 19.0. The predicted octanol–water partition coefficient (Wildman–Crippen LogP) is 2.25. The molecular formula is C27H51O12P. The number of aliphatic hydroxyl groups excluding tert-OH is 6. The van der Waals surface area contributed by atoms with Crippen LogP contribution in [0.3, 0.4) is 0 Å². The lowest BCUT2D eigenvalue weighted by atomic mass is 9.85. The first-order valence-corrected chi connectivity index (χ1v) is 16.0. The van der Waals surface area contributed by atoms with E-state index in [2.05, 4.69) is 28.1 Å². The fraction of sp³-hybridized carbons (Fsp3) is 0.889. The number of phosphoric ester groups is 1. The summed E-state index contributed by atoms with van der Waals surface area (Å²) in [7, 11) is -4.98. The van der Waals surface area contributed by atoms with Crippen LogP contribution >= 0.6 is 7.82 Å². The summed E-state index contributed by atoms with van der Waals surface area (Å²) in [6.07, 6.45) is 6.32. The number of hydrogen-bond donors (Lipinski definition) is 7. The molecule has 12 nitrogen and oxygen atoms in total. The maximum atomic E-state index is 12.1. The minimum Gasteiger partial charge on any atom is -0.463 e.